The molecule has 33 heavy (non-hydrogen) atoms. The highest BCUT2D eigenvalue weighted by molar-refractivity contribution is 8.00. The lowest BCUT2D eigenvalue weighted by atomic mass is 10.1. The van der Waals surface area contributed by atoms with Crippen molar-refractivity contribution in [2.45, 2.75) is 42.8 Å². The van der Waals surface area contributed by atoms with Crippen LogP contribution in [0.5, 0.6) is 0 Å². The van der Waals surface area contributed by atoms with Gasteiger partial charge in [-0.1, -0.05) is 48.2 Å². The lowest BCUT2D eigenvalue weighted by Crippen LogP contribution is -2.23. The number of hydrogen-bond acceptors (Lipinski definition) is 5. The molecule has 2 aromatic carbocycles. The Kier molecular flexibility index (Phi) is 6.41. The van der Waals surface area contributed by atoms with Gasteiger partial charge < -0.3 is 14.6 Å². The van der Waals surface area contributed by atoms with Crippen LogP contribution in [0.1, 0.15) is 19.8 Å². The summed E-state index contributed by atoms with van der Waals surface area (Å²) in [5, 5.41) is 4.50. The van der Waals surface area contributed by atoms with Gasteiger partial charge in [0, 0.05) is 18.2 Å². The van der Waals surface area contributed by atoms with Crippen LogP contribution in [0.2, 0.25) is 0 Å². The second-order valence-electron chi connectivity index (χ2n) is 8.16. The predicted octanol–water partition coefficient (Wildman–Crippen LogP) is 5.40. The first kappa shape index (κ1) is 21.7. The Morgan fingerprint density at radius 1 is 1.15 bits per heavy atom. The molecule has 0 saturated carbocycles. The summed E-state index contributed by atoms with van der Waals surface area (Å²) in [7, 11) is 0. The highest BCUT2D eigenvalue weighted by Crippen LogP contribution is 2.31. The van der Waals surface area contributed by atoms with E-state index in [1.54, 1.807) is 6.20 Å². The third-order valence-electron chi connectivity index (χ3n) is 5.85. The van der Waals surface area contributed by atoms with Gasteiger partial charge in [0.1, 0.15) is 0 Å². The number of ether oxygens (including phenoxy) is 1. The average molecular weight is 459 g/mol. The number of hydrogen-bond donors (Lipinski definition) is 1. The largest absolute Gasteiger partial charge is 0.376 e. The van der Waals surface area contributed by atoms with Crippen LogP contribution in [-0.4, -0.2) is 38.4 Å². The number of carbonyl (C=O) groups is 1. The first-order valence-corrected chi connectivity index (χ1v) is 12.1. The van der Waals surface area contributed by atoms with Gasteiger partial charge >= 0.3 is 0 Å². The maximum absolute atomic E-state index is 13.1. The number of fused-ring (bicyclic) bond motifs is 1. The molecule has 0 radical (unpaired) electrons. The van der Waals surface area contributed by atoms with Crippen molar-refractivity contribution in [3.63, 3.8) is 0 Å². The fourth-order valence-corrected chi connectivity index (χ4v) is 5.01. The molecule has 0 bridgehead atoms. The van der Waals surface area contributed by atoms with Crippen molar-refractivity contribution < 1.29 is 9.53 Å². The molecule has 168 valence electrons. The van der Waals surface area contributed by atoms with Crippen LogP contribution >= 0.6 is 11.8 Å². The monoisotopic (exact) mass is 458 g/mol. The number of aromatic nitrogens is 3. The zero-order chi connectivity index (χ0) is 22.6. The topological polar surface area (TPSA) is 69.0 Å². The van der Waals surface area contributed by atoms with E-state index < -0.39 is 0 Å². The lowest BCUT2D eigenvalue weighted by molar-refractivity contribution is -0.115. The fourth-order valence-electron chi connectivity index (χ4n) is 4.12. The van der Waals surface area contributed by atoms with Crippen LogP contribution in [0.3, 0.4) is 0 Å². The Morgan fingerprint density at radius 2 is 2.03 bits per heavy atom. The summed E-state index contributed by atoms with van der Waals surface area (Å²) in [6, 6.07) is 19.8. The molecule has 2 aromatic heterocycles. The third kappa shape index (κ3) is 4.79. The molecule has 1 fully saturated rings. The Balaban J connectivity index is 1.37. The molecule has 5 rings (SSSR count). The number of nitrogens with one attached hydrogen (secondary N) is 1. The van der Waals surface area contributed by atoms with Gasteiger partial charge in [0.15, 0.2) is 5.16 Å². The lowest BCUT2D eigenvalue weighted by Gasteiger charge is -2.18. The Labute approximate surface area is 197 Å². The van der Waals surface area contributed by atoms with Crippen LogP contribution in [0.4, 0.5) is 5.69 Å². The van der Waals surface area contributed by atoms with Crippen LogP contribution in [0.15, 0.2) is 78.2 Å². The highest BCUT2D eigenvalue weighted by atomic mass is 32.2. The molecule has 4 aromatic rings. The molecular weight excluding hydrogens is 432 g/mol. The number of nitrogens with zero attached hydrogens (tertiary/aromatic N) is 3. The molecule has 3 heterocycles. The molecule has 0 aliphatic carbocycles. The quantitative estimate of drug-likeness (QED) is 0.376. The smallest absolute Gasteiger partial charge is 0.237 e. The minimum atomic E-state index is -0.328. The zero-order valence-corrected chi connectivity index (χ0v) is 19.3. The number of anilines is 1. The maximum Gasteiger partial charge on any atom is 0.237 e. The van der Waals surface area contributed by atoms with Gasteiger partial charge in [-0.3, -0.25) is 9.78 Å². The van der Waals surface area contributed by atoms with Crippen molar-refractivity contribution in [2.75, 3.05) is 11.9 Å². The highest BCUT2D eigenvalue weighted by Gasteiger charge is 2.24. The molecule has 2 atom stereocenters. The normalized spacial score (nSPS) is 16.7. The van der Waals surface area contributed by atoms with E-state index in [9.17, 15) is 4.79 Å². The summed E-state index contributed by atoms with van der Waals surface area (Å²) < 4.78 is 8.10. The molecule has 0 spiro atoms. The summed E-state index contributed by atoms with van der Waals surface area (Å²) in [6.45, 7) is 3.45. The number of rotatable bonds is 7. The van der Waals surface area contributed by atoms with Gasteiger partial charge in [-0.2, -0.15) is 0 Å². The number of benzene rings is 2. The number of thioether (sulfide) groups is 1. The van der Waals surface area contributed by atoms with E-state index in [1.807, 2.05) is 61.7 Å². The second-order valence-corrected chi connectivity index (χ2v) is 9.47. The van der Waals surface area contributed by atoms with E-state index in [4.69, 9.17) is 9.72 Å². The molecule has 1 N–H and O–H groups in total. The maximum atomic E-state index is 13.1. The first-order chi connectivity index (χ1) is 16.2. The molecule has 6 nitrogen and oxygen atoms in total. The first-order valence-electron chi connectivity index (χ1n) is 11.2. The molecule has 1 saturated heterocycles. The zero-order valence-electron chi connectivity index (χ0n) is 18.5. The van der Waals surface area contributed by atoms with Crippen LogP contribution in [0.25, 0.3) is 22.2 Å². The second kappa shape index (κ2) is 9.77. The van der Waals surface area contributed by atoms with Crippen LogP contribution in [0, 0.1) is 0 Å². The summed E-state index contributed by atoms with van der Waals surface area (Å²) in [4.78, 5) is 22.1. The minimum Gasteiger partial charge on any atom is -0.376 e. The Hall–Kier alpha value is -3.16. The molecule has 7 heteroatoms. The predicted molar refractivity (Wildman–Crippen MR) is 132 cm³/mol. The fraction of sp³-hybridized carbons (Fsp3) is 0.269. The van der Waals surface area contributed by atoms with Crippen molar-refractivity contribution in [3.8, 4) is 11.3 Å². The van der Waals surface area contributed by atoms with E-state index in [0.29, 0.717) is 0 Å². The van der Waals surface area contributed by atoms with Crippen molar-refractivity contribution in [1.82, 2.24) is 14.5 Å². The average Bonchev–Trinajstić information content (AvgIpc) is 3.50. The van der Waals surface area contributed by atoms with Crippen molar-refractivity contribution in [3.05, 3.63) is 73.1 Å². The molecule has 1 aliphatic heterocycles. The number of imidazole rings is 1. The summed E-state index contributed by atoms with van der Waals surface area (Å²) in [5.74, 6) is -0.0655. The van der Waals surface area contributed by atoms with Crippen molar-refractivity contribution in [2.24, 2.45) is 0 Å². The SMILES string of the molecule is CC(Sc1ncc(-c2ccccc2)n1CC1CCCO1)C(=O)Nc1cccc2ncccc12. The molecule has 2 unspecified atom stereocenters. The third-order valence-corrected chi connectivity index (χ3v) is 6.96. The minimum absolute atomic E-state index is 0.0655. The van der Waals surface area contributed by atoms with Gasteiger partial charge in [-0.25, -0.2) is 4.98 Å². The summed E-state index contributed by atoms with van der Waals surface area (Å²) >= 11 is 1.47. The van der Waals surface area contributed by atoms with E-state index in [0.717, 1.165) is 59.0 Å². The van der Waals surface area contributed by atoms with Gasteiger partial charge in [0.05, 0.1) is 41.0 Å². The van der Waals surface area contributed by atoms with Gasteiger partial charge in [-0.15, -0.1) is 0 Å². The Bertz CT molecular complexity index is 1250. The van der Waals surface area contributed by atoms with E-state index in [1.165, 1.54) is 11.8 Å². The number of amides is 1. The number of carbonyl (C=O) groups excluding carboxylic acids is 1. The van der Waals surface area contributed by atoms with Gasteiger partial charge in [0.25, 0.3) is 0 Å². The number of pyridine rings is 1. The van der Waals surface area contributed by atoms with Crippen molar-refractivity contribution in [1.29, 1.82) is 0 Å². The van der Waals surface area contributed by atoms with E-state index in [2.05, 4.69) is 27.0 Å². The summed E-state index contributed by atoms with van der Waals surface area (Å²) in [6.07, 6.45) is 5.95. The van der Waals surface area contributed by atoms with Crippen LogP contribution in [-0.2, 0) is 16.1 Å². The van der Waals surface area contributed by atoms with E-state index in [-0.39, 0.29) is 17.3 Å². The Morgan fingerprint density at radius 3 is 2.85 bits per heavy atom. The molecule has 1 amide bonds. The molecule has 1 aliphatic rings. The van der Waals surface area contributed by atoms with Gasteiger partial charge in [-0.05, 0) is 49.6 Å². The van der Waals surface area contributed by atoms with Crippen molar-refractivity contribution >= 4 is 34.3 Å². The summed E-state index contributed by atoms with van der Waals surface area (Å²) in [5.41, 5.74) is 3.78. The standard InChI is InChI=1S/C26H26N4O2S/c1-18(25(31)29-23-13-5-12-22-21(23)11-6-14-27-22)33-26-28-16-24(19-8-3-2-4-9-19)30(26)17-20-10-7-15-32-20/h2-6,8-9,11-14,16,18,20H,7,10,15,17H2,1H3,(H,29,31). The molecular formula is C26H26N4O2S. The van der Waals surface area contributed by atoms with Gasteiger partial charge in [0.2, 0.25) is 5.91 Å². The van der Waals surface area contributed by atoms with E-state index >= 15 is 0 Å². The van der Waals surface area contributed by atoms with Crippen LogP contribution < -0.4 is 5.32 Å².